The van der Waals surface area contributed by atoms with Crippen molar-refractivity contribution >= 4 is 11.4 Å². The van der Waals surface area contributed by atoms with Crippen LogP contribution in [0.2, 0.25) is 0 Å². The molecule has 0 aliphatic carbocycles. The molecule has 2 aliphatic rings. The second-order valence-corrected chi connectivity index (χ2v) is 5.51. The van der Waals surface area contributed by atoms with E-state index in [0.29, 0.717) is 17.3 Å². The van der Waals surface area contributed by atoms with Crippen molar-refractivity contribution in [2.75, 3.05) is 36.8 Å². The third kappa shape index (κ3) is 2.39. The second kappa shape index (κ2) is 5.10. The van der Waals surface area contributed by atoms with E-state index in [1.54, 1.807) is 0 Å². The van der Waals surface area contributed by atoms with E-state index in [9.17, 15) is 0 Å². The van der Waals surface area contributed by atoms with E-state index >= 15 is 0 Å². The Morgan fingerprint density at radius 1 is 1.21 bits per heavy atom. The molecule has 2 N–H and O–H groups in total. The number of nitrogens with zero attached hydrogens (tertiary/aromatic N) is 3. The summed E-state index contributed by atoms with van der Waals surface area (Å²) in [6, 6.07) is 8.69. The van der Waals surface area contributed by atoms with Crippen LogP contribution < -0.4 is 10.6 Å². The van der Waals surface area contributed by atoms with Crippen molar-refractivity contribution < 1.29 is 0 Å². The fourth-order valence-electron chi connectivity index (χ4n) is 3.28. The molecule has 19 heavy (non-hydrogen) atoms. The molecule has 3 rings (SSSR count). The van der Waals surface area contributed by atoms with Crippen LogP contribution in [0.5, 0.6) is 0 Å². The van der Waals surface area contributed by atoms with Crippen molar-refractivity contribution in [2.24, 2.45) is 0 Å². The molecule has 0 bridgehead atoms. The van der Waals surface area contributed by atoms with Crippen molar-refractivity contribution in [2.45, 2.75) is 25.3 Å². The average molecular weight is 256 g/mol. The van der Waals surface area contributed by atoms with Crippen LogP contribution in [0.25, 0.3) is 0 Å². The molecule has 0 amide bonds. The SMILES string of the molecule is N#Cc1cc(N2CCCN3CCCC3C2)ccc1N. The van der Waals surface area contributed by atoms with Gasteiger partial charge in [0.25, 0.3) is 0 Å². The maximum atomic E-state index is 9.09. The Hall–Kier alpha value is -1.73. The fourth-order valence-corrected chi connectivity index (χ4v) is 3.28. The van der Waals surface area contributed by atoms with Crippen LogP contribution >= 0.6 is 0 Å². The molecule has 100 valence electrons. The lowest BCUT2D eigenvalue weighted by molar-refractivity contribution is 0.273. The zero-order valence-electron chi connectivity index (χ0n) is 11.2. The maximum absolute atomic E-state index is 9.09. The number of fused-ring (bicyclic) bond motifs is 1. The highest BCUT2D eigenvalue weighted by Crippen LogP contribution is 2.26. The molecule has 2 heterocycles. The Bertz CT molecular complexity index is 505. The summed E-state index contributed by atoms with van der Waals surface area (Å²) in [7, 11) is 0. The monoisotopic (exact) mass is 256 g/mol. The van der Waals surface area contributed by atoms with Crippen LogP contribution in [0.4, 0.5) is 11.4 Å². The molecule has 2 aliphatic heterocycles. The Balaban J connectivity index is 1.83. The van der Waals surface area contributed by atoms with Gasteiger partial charge in [-0.1, -0.05) is 0 Å². The van der Waals surface area contributed by atoms with Crippen LogP contribution in [0, 0.1) is 11.3 Å². The highest BCUT2D eigenvalue weighted by Gasteiger charge is 2.28. The highest BCUT2D eigenvalue weighted by molar-refractivity contribution is 5.62. The molecule has 1 aromatic carbocycles. The Morgan fingerprint density at radius 2 is 2.05 bits per heavy atom. The quantitative estimate of drug-likeness (QED) is 0.779. The van der Waals surface area contributed by atoms with E-state index in [-0.39, 0.29) is 0 Å². The molecule has 2 fully saturated rings. The lowest BCUT2D eigenvalue weighted by Gasteiger charge is -2.27. The Labute approximate surface area is 114 Å². The molecule has 1 unspecified atom stereocenters. The predicted octanol–water partition coefficient (Wildman–Crippen LogP) is 1.81. The predicted molar refractivity (Wildman–Crippen MR) is 77.0 cm³/mol. The summed E-state index contributed by atoms with van der Waals surface area (Å²) in [4.78, 5) is 5.03. The zero-order valence-corrected chi connectivity index (χ0v) is 11.2. The number of anilines is 2. The van der Waals surface area contributed by atoms with Gasteiger partial charge in [-0.15, -0.1) is 0 Å². The third-order valence-corrected chi connectivity index (χ3v) is 4.33. The minimum Gasteiger partial charge on any atom is -0.398 e. The molecule has 0 saturated carbocycles. The van der Waals surface area contributed by atoms with Crippen LogP contribution in [0.15, 0.2) is 18.2 Å². The Morgan fingerprint density at radius 3 is 2.89 bits per heavy atom. The lowest BCUT2D eigenvalue weighted by Crippen LogP contribution is -2.36. The first-order valence-electron chi connectivity index (χ1n) is 7.06. The molecule has 4 nitrogen and oxygen atoms in total. The van der Waals surface area contributed by atoms with Crippen molar-refractivity contribution in [1.29, 1.82) is 5.26 Å². The van der Waals surface area contributed by atoms with Gasteiger partial charge in [-0.05, 0) is 44.0 Å². The van der Waals surface area contributed by atoms with Crippen molar-refractivity contribution in [3.63, 3.8) is 0 Å². The number of benzene rings is 1. The van der Waals surface area contributed by atoms with Gasteiger partial charge in [0.15, 0.2) is 0 Å². The summed E-state index contributed by atoms with van der Waals surface area (Å²) in [6.45, 7) is 4.61. The number of rotatable bonds is 1. The summed E-state index contributed by atoms with van der Waals surface area (Å²) in [6.07, 6.45) is 3.82. The molecule has 4 heteroatoms. The molecule has 0 radical (unpaired) electrons. The summed E-state index contributed by atoms with van der Waals surface area (Å²) >= 11 is 0. The molecule has 0 spiro atoms. The number of nitrogen functional groups attached to an aromatic ring is 1. The van der Waals surface area contributed by atoms with E-state index in [2.05, 4.69) is 15.9 Å². The largest absolute Gasteiger partial charge is 0.398 e. The maximum Gasteiger partial charge on any atom is 0.101 e. The van der Waals surface area contributed by atoms with Gasteiger partial charge in [0.05, 0.1) is 5.56 Å². The molecule has 1 atom stereocenters. The fraction of sp³-hybridized carbons (Fsp3) is 0.533. The van der Waals surface area contributed by atoms with E-state index in [1.807, 2.05) is 18.2 Å². The molecular weight excluding hydrogens is 236 g/mol. The van der Waals surface area contributed by atoms with Gasteiger partial charge in [-0.2, -0.15) is 5.26 Å². The lowest BCUT2D eigenvalue weighted by atomic mass is 10.1. The first-order valence-corrected chi connectivity index (χ1v) is 7.06. The van der Waals surface area contributed by atoms with Crippen molar-refractivity contribution in [1.82, 2.24) is 4.90 Å². The average Bonchev–Trinajstić information content (AvgIpc) is 2.77. The standard InChI is InChI=1S/C15H20N4/c16-10-12-9-13(4-5-15(12)17)19-8-2-7-18-6-1-3-14(18)11-19/h4-5,9,14H,1-3,6-8,11,17H2. The first kappa shape index (κ1) is 12.3. The van der Waals surface area contributed by atoms with E-state index in [0.717, 1.165) is 18.8 Å². The summed E-state index contributed by atoms with van der Waals surface area (Å²) < 4.78 is 0. The molecule has 2 saturated heterocycles. The molecule has 0 aromatic heterocycles. The van der Waals surface area contributed by atoms with Gasteiger partial charge in [0, 0.05) is 37.1 Å². The van der Waals surface area contributed by atoms with Crippen molar-refractivity contribution in [3.05, 3.63) is 23.8 Å². The van der Waals surface area contributed by atoms with Gasteiger partial charge >= 0.3 is 0 Å². The molecule has 1 aromatic rings. The van der Waals surface area contributed by atoms with Gasteiger partial charge in [0.2, 0.25) is 0 Å². The smallest absolute Gasteiger partial charge is 0.101 e. The van der Waals surface area contributed by atoms with Crippen molar-refractivity contribution in [3.8, 4) is 6.07 Å². The number of hydrogen-bond acceptors (Lipinski definition) is 4. The third-order valence-electron chi connectivity index (χ3n) is 4.33. The molecular formula is C15H20N4. The van der Waals surface area contributed by atoms with Gasteiger partial charge < -0.3 is 10.6 Å². The van der Waals surface area contributed by atoms with Gasteiger partial charge in [-0.25, -0.2) is 0 Å². The summed E-state index contributed by atoms with van der Waals surface area (Å²) in [5.41, 5.74) is 8.10. The zero-order chi connectivity index (χ0) is 13.2. The van der Waals surface area contributed by atoms with Crippen LogP contribution in [0.3, 0.4) is 0 Å². The summed E-state index contributed by atoms with van der Waals surface area (Å²) in [5.74, 6) is 0. The number of hydrogen-bond donors (Lipinski definition) is 1. The summed E-state index contributed by atoms with van der Waals surface area (Å²) in [5, 5.41) is 9.09. The van der Waals surface area contributed by atoms with E-state index < -0.39 is 0 Å². The van der Waals surface area contributed by atoms with E-state index in [1.165, 1.54) is 32.4 Å². The van der Waals surface area contributed by atoms with Crippen LogP contribution in [0.1, 0.15) is 24.8 Å². The van der Waals surface area contributed by atoms with Crippen LogP contribution in [-0.4, -0.2) is 37.1 Å². The second-order valence-electron chi connectivity index (χ2n) is 5.51. The normalized spacial score (nSPS) is 23.7. The van der Waals surface area contributed by atoms with Gasteiger partial charge in [-0.3, -0.25) is 4.90 Å². The number of nitriles is 1. The Kier molecular flexibility index (Phi) is 3.31. The first-order chi connectivity index (χ1) is 9.28. The number of nitrogens with two attached hydrogens (primary N) is 1. The minimum atomic E-state index is 0.573. The highest BCUT2D eigenvalue weighted by atomic mass is 15.3. The van der Waals surface area contributed by atoms with Gasteiger partial charge in [0.1, 0.15) is 6.07 Å². The van der Waals surface area contributed by atoms with Crippen LogP contribution in [-0.2, 0) is 0 Å². The topological polar surface area (TPSA) is 56.3 Å². The van der Waals surface area contributed by atoms with E-state index in [4.69, 9.17) is 11.0 Å². The minimum absolute atomic E-state index is 0.573.